The van der Waals surface area contributed by atoms with E-state index in [0.29, 0.717) is 11.1 Å². The van der Waals surface area contributed by atoms with Crippen LogP contribution < -0.4 is 9.47 Å². The van der Waals surface area contributed by atoms with Crippen LogP contribution >= 0.6 is 0 Å². The SMILES string of the molecule is COc1cc(C(=O)OCc2cccc(C#N)c2)c([N+](=O)[O-])cc1OC. The third-order valence-electron chi connectivity index (χ3n) is 3.34. The van der Waals surface area contributed by atoms with Gasteiger partial charge in [0.05, 0.1) is 36.8 Å². The lowest BCUT2D eigenvalue weighted by Gasteiger charge is -2.10. The van der Waals surface area contributed by atoms with E-state index in [0.717, 1.165) is 6.07 Å². The van der Waals surface area contributed by atoms with Gasteiger partial charge in [0.15, 0.2) is 11.5 Å². The molecule has 0 unspecified atom stereocenters. The van der Waals surface area contributed by atoms with E-state index in [2.05, 4.69) is 0 Å². The zero-order chi connectivity index (χ0) is 18.4. The predicted molar refractivity (Wildman–Crippen MR) is 86.5 cm³/mol. The van der Waals surface area contributed by atoms with E-state index in [1.54, 1.807) is 24.3 Å². The Labute approximate surface area is 143 Å². The van der Waals surface area contributed by atoms with Gasteiger partial charge >= 0.3 is 5.97 Å². The number of nitriles is 1. The summed E-state index contributed by atoms with van der Waals surface area (Å²) in [5.41, 5.74) is 0.314. The topological polar surface area (TPSA) is 112 Å². The number of carbonyl (C=O) groups excluding carboxylic acids is 1. The number of methoxy groups -OCH3 is 2. The molecule has 0 bridgehead atoms. The lowest BCUT2D eigenvalue weighted by atomic mass is 10.1. The van der Waals surface area contributed by atoms with Crippen molar-refractivity contribution in [3.05, 3.63) is 63.2 Å². The Balaban J connectivity index is 2.28. The van der Waals surface area contributed by atoms with Crippen molar-refractivity contribution in [2.45, 2.75) is 6.61 Å². The number of nitrogens with zero attached hydrogens (tertiary/aromatic N) is 2. The number of esters is 1. The van der Waals surface area contributed by atoms with Crippen LogP contribution in [-0.4, -0.2) is 25.1 Å². The van der Waals surface area contributed by atoms with Gasteiger partial charge in [-0.15, -0.1) is 0 Å². The number of benzene rings is 2. The van der Waals surface area contributed by atoms with E-state index in [4.69, 9.17) is 19.5 Å². The molecule has 8 heteroatoms. The van der Waals surface area contributed by atoms with Gasteiger partial charge in [-0.1, -0.05) is 12.1 Å². The van der Waals surface area contributed by atoms with E-state index >= 15 is 0 Å². The Morgan fingerprint density at radius 1 is 1.20 bits per heavy atom. The van der Waals surface area contributed by atoms with Crippen LogP contribution in [0.4, 0.5) is 5.69 Å². The number of carbonyl (C=O) groups is 1. The fraction of sp³-hybridized carbons (Fsp3) is 0.176. The minimum atomic E-state index is -0.880. The summed E-state index contributed by atoms with van der Waals surface area (Å²) < 4.78 is 15.2. The van der Waals surface area contributed by atoms with Crippen LogP contribution in [-0.2, 0) is 11.3 Å². The number of nitro benzene ring substituents is 1. The Kier molecular flexibility index (Phi) is 5.53. The molecule has 0 N–H and O–H groups in total. The second-order valence-corrected chi connectivity index (χ2v) is 4.87. The molecular weight excluding hydrogens is 328 g/mol. The van der Waals surface area contributed by atoms with Crippen LogP contribution in [0.1, 0.15) is 21.5 Å². The first kappa shape index (κ1) is 17.7. The predicted octanol–water partition coefficient (Wildman–Crippen LogP) is 2.84. The highest BCUT2D eigenvalue weighted by molar-refractivity contribution is 5.95. The normalized spacial score (nSPS) is 9.80. The monoisotopic (exact) mass is 342 g/mol. The van der Waals surface area contributed by atoms with E-state index < -0.39 is 16.6 Å². The van der Waals surface area contributed by atoms with E-state index in [9.17, 15) is 14.9 Å². The fourth-order valence-corrected chi connectivity index (χ4v) is 2.14. The molecule has 0 aromatic heterocycles. The van der Waals surface area contributed by atoms with Crippen LogP contribution in [0.3, 0.4) is 0 Å². The largest absolute Gasteiger partial charge is 0.493 e. The standard InChI is InChI=1S/C17H14N2O6/c1-23-15-7-13(14(19(21)22)8-16(15)24-2)17(20)25-10-12-5-3-4-11(6-12)9-18/h3-8H,10H2,1-2H3. The van der Waals surface area contributed by atoms with Gasteiger partial charge in [0.1, 0.15) is 12.2 Å². The molecule has 2 rings (SSSR count). The quantitative estimate of drug-likeness (QED) is 0.451. The Morgan fingerprint density at radius 2 is 1.88 bits per heavy atom. The Bertz CT molecular complexity index is 857. The van der Waals surface area contributed by atoms with Crippen molar-refractivity contribution in [3.63, 3.8) is 0 Å². The highest BCUT2D eigenvalue weighted by Crippen LogP contribution is 2.34. The first-order valence-corrected chi connectivity index (χ1v) is 7.06. The van der Waals surface area contributed by atoms with Crippen molar-refractivity contribution in [3.8, 4) is 17.6 Å². The molecule has 0 aliphatic carbocycles. The number of nitro groups is 1. The molecule has 0 atom stereocenters. The summed E-state index contributed by atoms with van der Waals surface area (Å²) in [5.74, 6) is -0.575. The van der Waals surface area contributed by atoms with Crippen molar-refractivity contribution in [2.75, 3.05) is 14.2 Å². The third-order valence-corrected chi connectivity index (χ3v) is 3.34. The molecule has 0 saturated heterocycles. The highest BCUT2D eigenvalue weighted by Gasteiger charge is 2.25. The molecule has 0 amide bonds. The average molecular weight is 342 g/mol. The summed E-state index contributed by atoms with van der Waals surface area (Å²) in [6.07, 6.45) is 0. The molecule has 0 aliphatic heterocycles. The van der Waals surface area contributed by atoms with E-state index in [1.165, 1.54) is 20.3 Å². The van der Waals surface area contributed by atoms with Gasteiger partial charge in [-0.25, -0.2) is 4.79 Å². The zero-order valence-corrected chi connectivity index (χ0v) is 13.5. The molecule has 2 aromatic carbocycles. The molecule has 0 aliphatic rings. The molecule has 128 valence electrons. The van der Waals surface area contributed by atoms with Crippen molar-refractivity contribution in [2.24, 2.45) is 0 Å². The van der Waals surface area contributed by atoms with E-state index in [-0.39, 0.29) is 23.7 Å². The van der Waals surface area contributed by atoms with E-state index in [1.807, 2.05) is 6.07 Å². The fourth-order valence-electron chi connectivity index (χ4n) is 2.14. The van der Waals surface area contributed by atoms with Crippen molar-refractivity contribution >= 4 is 11.7 Å². The molecule has 8 nitrogen and oxygen atoms in total. The number of ether oxygens (including phenoxy) is 3. The summed E-state index contributed by atoms with van der Waals surface area (Å²) in [6, 6.07) is 10.8. The van der Waals surface area contributed by atoms with Crippen LogP contribution in [0.5, 0.6) is 11.5 Å². The first-order valence-electron chi connectivity index (χ1n) is 7.06. The maximum absolute atomic E-state index is 12.3. The summed E-state index contributed by atoms with van der Waals surface area (Å²) in [7, 11) is 2.69. The molecular formula is C17H14N2O6. The van der Waals surface area contributed by atoms with Crippen LogP contribution in [0.25, 0.3) is 0 Å². The minimum absolute atomic E-state index is 0.125. The first-order chi connectivity index (χ1) is 12.0. The smallest absolute Gasteiger partial charge is 0.345 e. The summed E-state index contributed by atoms with van der Waals surface area (Å²) in [6.45, 7) is -0.125. The van der Waals surface area contributed by atoms with Gasteiger partial charge < -0.3 is 14.2 Å². The third kappa shape index (κ3) is 4.03. The summed E-state index contributed by atoms with van der Waals surface area (Å²) >= 11 is 0. The minimum Gasteiger partial charge on any atom is -0.493 e. The lowest BCUT2D eigenvalue weighted by molar-refractivity contribution is -0.385. The van der Waals surface area contributed by atoms with Gasteiger partial charge in [-0.05, 0) is 17.7 Å². The van der Waals surface area contributed by atoms with Crippen molar-refractivity contribution in [1.82, 2.24) is 0 Å². The summed E-state index contributed by atoms with van der Waals surface area (Å²) in [5, 5.41) is 20.1. The Hall–Kier alpha value is -3.60. The van der Waals surface area contributed by atoms with Crippen molar-refractivity contribution < 1.29 is 23.9 Å². The number of hydrogen-bond acceptors (Lipinski definition) is 7. The maximum Gasteiger partial charge on any atom is 0.345 e. The number of hydrogen-bond donors (Lipinski definition) is 0. The number of rotatable bonds is 6. The molecule has 25 heavy (non-hydrogen) atoms. The molecule has 0 radical (unpaired) electrons. The second-order valence-electron chi connectivity index (χ2n) is 4.87. The lowest BCUT2D eigenvalue weighted by Crippen LogP contribution is -2.09. The highest BCUT2D eigenvalue weighted by atomic mass is 16.6. The van der Waals surface area contributed by atoms with Gasteiger partial charge in [0, 0.05) is 6.07 Å². The second kappa shape index (κ2) is 7.79. The van der Waals surface area contributed by atoms with Gasteiger partial charge in [0.25, 0.3) is 5.69 Å². The molecule has 2 aromatic rings. The van der Waals surface area contributed by atoms with Gasteiger partial charge in [0.2, 0.25) is 0 Å². The van der Waals surface area contributed by atoms with Gasteiger partial charge in [-0.2, -0.15) is 5.26 Å². The van der Waals surface area contributed by atoms with Crippen LogP contribution in [0.15, 0.2) is 36.4 Å². The molecule has 0 spiro atoms. The summed E-state index contributed by atoms with van der Waals surface area (Å²) in [4.78, 5) is 22.8. The maximum atomic E-state index is 12.3. The zero-order valence-electron chi connectivity index (χ0n) is 13.5. The average Bonchev–Trinajstić information content (AvgIpc) is 2.64. The van der Waals surface area contributed by atoms with Crippen molar-refractivity contribution in [1.29, 1.82) is 5.26 Å². The molecule has 0 fully saturated rings. The molecule has 0 saturated carbocycles. The molecule has 0 heterocycles. The van der Waals surface area contributed by atoms with Crippen LogP contribution in [0, 0.1) is 21.4 Å². The Morgan fingerprint density at radius 3 is 2.48 bits per heavy atom. The van der Waals surface area contributed by atoms with Crippen LogP contribution in [0.2, 0.25) is 0 Å². The van der Waals surface area contributed by atoms with Gasteiger partial charge in [-0.3, -0.25) is 10.1 Å².